The zero-order chi connectivity index (χ0) is 11.1. The number of ether oxygens (including phenoxy) is 1. The highest BCUT2D eigenvalue weighted by molar-refractivity contribution is 7.99. The van der Waals surface area contributed by atoms with E-state index in [4.69, 9.17) is 27.8 Å². The first kappa shape index (κ1) is 12.6. The lowest BCUT2D eigenvalue weighted by Crippen LogP contribution is -2.09. The maximum Gasteiger partial charge on any atom is 0.0589 e. The van der Waals surface area contributed by atoms with Gasteiger partial charge in [0.1, 0.15) is 0 Å². The maximum atomic E-state index is 5.86. The predicted molar refractivity (Wildman–Crippen MR) is 66.5 cm³/mol. The molecule has 0 saturated heterocycles. The largest absolute Gasteiger partial charge is 0.398 e. The number of hydrogen-bond donors (Lipinski definition) is 2. The van der Waals surface area contributed by atoms with Gasteiger partial charge in [0.05, 0.1) is 13.2 Å². The van der Waals surface area contributed by atoms with Crippen LogP contribution in [-0.4, -0.2) is 25.5 Å². The molecule has 0 bridgehead atoms. The molecule has 1 rings (SSSR count). The molecule has 0 amide bonds. The van der Waals surface area contributed by atoms with Crippen molar-refractivity contribution in [1.29, 1.82) is 0 Å². The van der Waals surface area contributed by atoms with Crippen LogP contribution in [0.3, 0.4) is 0 Å². The van der Waals surface area contributed by atoms with E-state index in [1.54, 1.807) is 17.8 Å². The fourth-order valence-electron chi connectivity index (χ4n) is 1.03. The first-order valence-corrected chi connectivity index (χ1v) is 6.06. The molecule has 0 aliphatic heterocycles. The molecule has 0 aromatic heterocycles. The van der Waals surface area contributed by atoms with Crippen molar-refractivity contribution in [2.24, 2.45) is 5.73 Å². The highest BCUT2D eigenvalue weighted by Crippen LogP contribution is 2.27. The van der Waals surface area contributed by atoms with Gasteiger partial charge in [-0.1, -0.05) is 11.6 Å². The number of benzene rings is 1. The van der Waals surface area contributed by atoms with Crippen LogP contribution in [0.2, 0.25) is 5.02 Å². The molecule has 0 radical (unpaired) electrons. The average molecular weight is 247 g/mol. The van der Waals surface area contributed by atoms with Crippen molar-refractivity contribution in [2.45, 2.75) is 4.90 Å². The van der Waals surface area contributed by atoms with Crippen LogP contribution in [0.15, 0.2) is 23.1 Å². The molecule has 3 nitrogen and oxygen atoms in total. The minimum atomic E-state index is 0.559. The lowest BCUT2D eigenvalue weighted by atomic mass is 10.3. The summed E-state index contributed by atoms with van der Waals surface area (Å²) >= 11 is 7.50. The van der Waals surface area contributed by atoms with Crippen molar-refractivity contribution in [2.75, 3.05) is 31.2 Å². The lowest BCUT2D eigenvalue weighted by Gasteiger charge is -2.06. The van der Waals surface area contributed by atoms with Gasteiger partial charge in [-0.05, 0) is 18.2 Å². The monoisotopic (exact) mass is 246 g/mol. The number of nitrogen functional groups attached to an aromatic ring is 1. The van der Waals surface area contributed by atoms with Crippen LogP contribution < -0.4 is 11.5 Å². The third-order valence-electron chi connectivity index (χ3n) is 1.72. The Morgan fingerprint density at radius 3 is 2.87 bits per heavy atom. The SMILES string of the molecule is NCCOCCSc1cc(Cl)ccc1N. The fourth-order valence-corrected chi connectivity index (χ4v) is 2.13. The van der Waals surface area contributed by atoms with Crippen LogP contribution in [0.25, 0.3) is 0 Å². The summed E-state index contributed by atoms with van der Waals surface area (Å²) < 4.78 is 5.25. The maximum absolute atomic E-state index is 5.86. The molecular weight excluding hydrogens is 232 g/mol. The number of thioether (sulfide) groups is 1. The van der Waals surface area contributed by atoms with Crippen LogP contribution in [0.4, 0.5) is 5.69 Å². The van der Waals surface area contributed by atoms with Gasteiger partial charge in [0.25, 0.3) is 0 Å². The number of hydrogen-bond acceptors (Lipinski definition) is 4. The molecule has 0 aliphatic rings. The molecule has 15 heavy (non-hydrogen) atoms. The highest BCUT2D eigenvalue weighted by Gasteiger charge is 2.00. The van der Waals surface area contributed by atoms with Crippen LogP contribution >= 0.6 is 23.4 Å². The number of halogens is 1. The second-order valence-electron chi connectivity index (χ2n) is 2.93. The van der Waals surface area contributed by atoms with E-state index in [0.29, 0.717) is 24.8 Å². The van der Waals surface area contributed by atoms with E-state index in [1.807, 2.05) is 12.1 Å². The Bertz CT molecular complexity index is 309. The van der Waals surface area contributed by atoms with Crippen LogP contribution in [0.5, 0.6) is 0 Å². The second-order valence-corrected chi connectivity index (χ2v) is 4.50. The van der Waals surface area contributed by atoms with Gasteiger partial charge in [-0.3, -0.25) is 0 Å². The van der Waals surface area contributed by atoms with E-state index >= 15 is 0 Å². The first-order chi connectivity index (χ1) is 7.24. The molecule has 0 heterocycles. The summed E-state index contributed by atoms with van der Waals surface area (Å²) in [7, 11) is 0. The number of anilines is 1. The van der Waals surface area contributed by atoms with Crippen LogP contribution in [0, 0.1) is 0 Å². The Kier molecular flexibility index (Phi) is 5.86. The van der Waals surface area contributed by atoms with Gasteiger partial charge in [0.15, 0.2) is 0 Å². The van der Waals surface area contributed by atoms with Crippen molar-refractivity contribution in [3.05, 3.63) is 23.2 Å². The zero-order valence-corrected chi connectivity index (χ0v) is 9.98. The Morgan fingerprint density at radius 2 is 2.13 bits per heavy atom. The van der Waals surface area contributed by atoms with Crippen molar-refractivity contribution in [3.8, 4) is 0 Å². The molecule has 0 spiro atoms. The van der Waals surface area contributed by atoms with Gasteiger partial charge in [-0.2, -0.15) is 0 Å². The summed E-state index contributed by atoms with van der Waals surface area (Å²) in [5.41, 5.74) is 11.8. The van der Waals surface area contributed by atoms with E-state index in [-0.39, 0.29) is 0 Å². The summed E-state index contributed by atoms with van der Waals surface area (Å²) in [5.74, 6) is 0.852. The molecule has 0 atom stereocenters. The van der Waals surface area contributed by atoms with Crippen molar-refractivity contribution >= 4 is 29.1 Å². The average Bonchev–Trinajstić information content (AvgIpc) is 2.23. The van der Waals surface area contributed by atoms with E-state index in [0.717, 1.165) is 16.3 Å². The molecule has 1 aromatic rings. The predicted octanol–water partition coefficient (Wildman–Crippen LogP) is 1.99. The van der Waals surface area contributed by atoms with Crippen LogP contribution in [-0.2, 0) is 4.74 Å². The van der Waals surface area contributed by atoms with Gasteiger partial charge in [-0.25, -0.2) is 0 Å². The number of nitrogens with two attached hydrogens (primary N) is 2. The second kappa shape index (κ2) is 6.95. The molecule has 5 heteroatoms. The van der Waals surface area contributed by atoms with Gasteiger partial charge < -0.3 is 16.2 Å². The van der Waals surface area contributed by atoms with Crippen LogP contribution in [0.1, 0.15) is 0 Å². The molecule has 4 N–H and O–H groups in total. The summed E-state index contributed by atoms with van der Waals surface area (Å²) in [6.07, 6.45) is 0. The quantitative estimate of drug-likeness (QED) is 0.458. The molecule has 1 aromatic carbocycles. The number of rotatable bonds is 6. The van der Waals surface area contributed by atoms with Gasteiger partial charge in [0.2, 0.25) is 0 Å². The third kappa shape index (κ3) is 4.75. The van der Waals surface area contributed by atoms with E-state index < -0.39 is 0 Å². The topological polar surface area (TPSA) is 61.3 Å². The lowest BCUT2D eigenvalue weighted by molar-refractivity contribution is 0.158. The van der Waals surface area contributed by atoms with Crippen molar-refractivity contribution in [1.82, 2.24) is 0 Å². The molecule has 84 valence electrons. The summed E-state index contributed by atoms with van der Waals surface area (Å²) in [6.45, 7) is 1.84. The summed E-state index contributed by atoms with van der Waals surface area (Å²) in [6, 6.07) is 5.46. The van der Waals surface area contributed by atoms with Gasteiger partial charge in [0, 0.05) is 27.9 Å². The Hall–Kier alpha value is -0.420. The normalized spacial score (nSPS) is 10.5. The zero-order valence-electron chi connectivity index (χ0n) is 8.41. The van der Waals surface area contributed by atoms with Gasteiger partial charge in [-0.15, -0.1) is 11.8 Å². The minimum absolute atomic E-state index is 0.559. The Morgan fingerprint density at radius 1 is 1.33 bits per heavy atom. The Balaban J connectivity index is 2.33. The van der Waals surface area contributed by atoms with E-state index in [9.17, 15) is 0 Å². The summed E-state index contributed by atoms with van der Waals surface area (Å²) in [5, 5.41) is 0.703. The van der Waals surface area contributed by atoms with Crippen molar-refractivity contribution < 1.29 is 4.74 Å². The molecule has 0 unspecified atom stereocenters. The fraction of sp³-hybridized carbons (Fsp3) is 0.400. The third-order valence-corrected chi connectivity index (χ3v) is 2.99. The minimum Gasteiger partial charge on any atom is -0.398 e. The molecule has 0 fully saturated rings. The van der Waals surface area contributed by atoms with E-state index in [1.165, 1.54) is 0 Å². The summed E-state index contributed by atoms with van der Waals surface area (Å²) in [4.78, 5) is 0.999. The standard InChI is InChI=1S/C10H15ClN2OS/c11-8-1-2-9(13)10(7-8)15-6-5-14-4-3-12/h1-2,7H,3-6,12-13H2. The highest BCUT2D eigenvalue weighted by atomic mass is 35.5. The van der Waals surface area contributed by atoms with Gasteiger partial charge >= 0.3 is 0 Å². The first-order valence-electron chi connectivity index (χ1n) is 4.69. The smallest absolute Gasteiger partial charge is 0.0589 e. The Labute approximate surface area is 99.1 Å². The molecule has 0 aliphatic carbocycles. The van der Waals surface area contributed by atoms with E-state index in [2.05, 4.69) is 0 Å². The van der Waals surface area contributed by atoms with Crippen molar-refractivity contribution in [3.63, 3.8) is 0 Å². The molecule has 0 saturated carbocycles. The molecular formula is C10H15ClN2OS.